The van der Waals surface area contributed by atoms with E-state index in [-0.39, 0.29) is 5.56 Å². The Bertz CT molecular complexity index is 796. The summed E-state index contributed by atoms with van der Waals surface area (Å²) in [5, 5.41) is 7.41. The molecule has 1 aliphatic rings. The molecule has 1 fully saturated rings. The molecule has 1 aliphatic carbocycles. The fourth-order valence-electron chi connectivity index (χ4n) is 2.73. The number of hydrogen-bond donors (Lipinski definition) is 3. The van der Waals surface area contributed by atoms with Crippen molar-refractivity contribution in [1.29, 1.82) is 0 Å². The number of rotatable bonds is 2. The molecule has 3 rings (SSSR count). The lowest BCUT2D eigenvalue weighted by atomic mass is 10.1. The lowest BCUT2D eigenvalue weighted by Crippen LogP contribution is -2.33. The maximum absolute atomic E-state index is 11.9. The van der Waals surface area contributed by atoms with Crippen molar-refractivity contribution in [2.24, 2.45) is 0 Å². The molecule has 100 valence electrons. The van der Waals surface area contributed by atoms with Crippen LogP contribution in [0.1, 0.15) is 42.3 Å². The molecule has 2 heterocycles. The van der Waals surface area contributed by atoms with Gasteiger partial charge in [-0.3, -0.25) is 15.0 Å². The zero-order valence-electron chi connectivity index (χ0n) is 11.6. The third-order valence-corrected chi connectivity index (χ3v) is 3.94. The van der Waals surface area contributed by atoms with Crippen molar-refractivity contribution in [3.63, 3.8) is 0 Å². The standard InChI is InChI=1S/C15H19N3O/c1-4-11-8(2)13(16-9(11)3)7-12-14(10-5-6-10)17-18-15(12)19/h7,16-17H,4-6H2,1-3H3,(H,18,19). The second kappa shape index (κ2) is 4.30. The quantitative estimate of drug-likeness (QED) is 0.738. The molecule has 0 unspecified atom stereocenters. The third kappa shape index (κ3) is 1.97. The van der Waals surface area contributed by atoms with Crippen molar-refractivity contribution in [3.8, 4) is 0 Å². The molecule has 4 nitrogen and oxygen atoms in total. The zero-order chi connectivity index (χ0) is 13.6. The molecular formula is C15H19N3O. The van der Waals surface area contributed by atoms with Crippen LogP contribution in [-0.4, -0.2) is 15.2 Å². The highest BCUT2D eigenvalue weighted by Crippen LogP contribution is 2.26. The van der Waals surface area contributed by atoms with Gasteiger partial charge in [0.25, 0.3) is 5.56 Å². The molecule has 2 aromatic rings. The van der Waals surface area contributed by atoms with Gasteiger partial charge in [0.15, 0.2) is 0 Å². The number of nitrogens with one attached hydrogen (secondary N) is 3. The summed E-state index contributed by atoms with van der Waals surface area (Å²) in [4.78, 5) is 15.3. The summed E-state index contributed by atoms with van der Waals surface area (Å²) >= 11 is 0. The fourth-order valence-corrected chi connectivity index (χ4v) is 2.73. The van der Waals surface area contributed by atoms with E-state index < -0.39 is 0 Å². The summed E-state index contributed by atoms with van der Waals surface area (Å²) in [7, 11) is 0. The number of aromatic amines is 3. The monoisotopic (exact) mass is 257 g/mol. The first kappa shape index (κ1) is 12.1. The van der Waals surface area contributed by atoms with E-state index in [1.807, 2.05) is 6.08 Å². The third-order valence-electron chi connectivity index (χ3n) is 3.94. The minimum Gasteiger partial charge on any atom is -0.359 e. The Hall–Kier alpha value is -1.97. The van der Waals surface area contributed by atoms with Crippen LogP contribution in [0.4, 0.5) is 0 Å². The SMILES string of the molecule is CCc1c(C)[nH]c(C=c2c(=O)[nH][nH]c2=C2CC2)c1C. The molecule has 0 amide bonds. The Balaban J connectivity index is 2.26. The van der Waals surface area contributed by atoms with Crippen LogP contribution in [0.5, 0.6) is 0 Å². The highest BCUT2D eigenvalue weighted by atomic mass is 16.1. The van der Waals surface area contributed by atoms with E-state index in [0.29, 0.717) is 0 Å². The Kier molecular flexibility index (Phi) is 2.73. The Morgan fingerprint density at radius 1 is 1.21 bits per heavy atom. The molecule has 19 heavy (non-hydrogen) atoms. The molecule has 0 aliphatic heterocycles. The first-order valence-electron chi connectivity index (χ1n) is 6.80. The average molecular weight is 257 g/mol. The van der Waals surface area contributed by atoms with Crippen molar-refractivity contribution in [2.45, 2.75) is 40.0 Å². The van der Waals surface area contributed by atoms with E-state index >= 15 is 0 Å². The maximum atomic E-state index is 11.9. The van der Waals surface area contributed by atoms with Crippen molar-refractivity contribution < 1.29 is 0 Å². The first-order valence-corrected chi connectivity index (χ1v) is 6.80. The average Bonchev–Trinajstić information content (AvgIpc) is 3.10. The van der Waals surface area contributed by atoms with Crippen LogP contribution >= 0.6 is 0 Å². The molecule has 4 heteroatoms. The van der Waals surface area contributed by atoms with Gasteiger partial charge in [-0.25, -0.2) is 0 Å². The summed E-state index contributed by atoms with van der Waals surface area (Å²) in [5.74, 6) is 0. The predicted molar refractivity (Wildman–Crippen MR) is 76.5 cm³/mol. The van der Waals surface area contributed by atoms with Crippen LogP contribution in [0.2, 0.25) is 0 Å². The van der Waals surface area contributed by atoms with Crippen molar-refractivity contribution in [2.75, 3.05) is 0 Å². The topological polar surface area (TPSA) is 64.4 Å². The van der Waals surface area contributed by atoms with Gasteiger partial charge >= 0.3 is 0 Å². The van der Waals surface area contributed by atoms with Crippen LogP contribution in [-0.2, 0) is 6.42 Å². The van der Waals surface area contributed by atoms with Crippen LogP contribution in [0, 0.1) is 13.8 Å². The lowest BCUT2D eigenvalue weighted by molar-refractivity contribution is 1.03. The van der Waals surface area contributed by atoms with Gasteiger partial charge < -0.3 is 4.98 Å². The first-order chi connectivity index (χ1) is 9.11. The van der Waals surface area contributed by atoms with Crippen molar-refractivity contribution in [3.05, 3.63) is 43.4 Å². The van der Waals surface area contributed by atoms with E-state index in [9.17, 15) is 4.79 Å². The molecule has 0 bridgehead atoms. The molecule has 0 atom stereocenters. The van der Waals surface area contributed by atoms with Gasteiger partial charge in [-0.1, -0.05) is 6.92 Å². The highest BCUT2D eigenvalue weighted by molar-refractivity contribution is 5.59. The second-order valence-electron chi connectivity index (χ2n) is 5.24. The Morgan fingerprint density at radius 3 is 2.53 bits per heavy atom. The summed E-state index contributed by atoms with van der Waals surface area (Å²) in [6, 6.07) is 0. The fraction of sp³-hybridized carbons (Fsp3) is 0.400. The molecule has 3 N–H and O–H groups in total. The minimum absolute atomic E-state index is 0.0425. The molecule has 0 radical (unpaired) electrons. The van der Waals surface area contributed by atoms with Gasteiger partial charge in [0, 0.05) is 11.4 Å². The van der Waals surface area contributed by atoms with E-state index in [0.717, 1.165) is 35.5 Å². The molecular weight excluding hydrogens is 238 g/mol. The van der Waals surface area contributed by atoms with Gasteiger partial charge in [0.05, 0.1) is 10.6 Å². The molecule has 2 aromatic heterocycles. The van der Waals surface area contributed by atoms with Crippen LogP contribution in [0.15, 0.2) is 4.79 Å². The maximum Gasteiger partial charge on any atom is 0.271 e. The van der Waals surface area contributed by atoms with Gasteiger partial charge in [0.1, 0.15) is 0 Å². The number of H-pyrrole nitrogens is 3. The molecule has 0 saturated heterocycles. The summed E-state index contributed by atoms with van der Waals surface area (Å²) in [6.07, 6.45) is 5.17. The zero-order valence-corrected chi connectivity index (χ0v) is 11.6. The molecule has 0 aromatic carbocycles. The largest absolute Gasteiger partial charge is 0.359 e. The Labute approximate surface area is 111 Å². The second-order valence-corrected chi connectivity index (χ2v) is 5.24. The number of hydrogen-bond acceptors (Lipinski definition) is 1. The lowest BCUT2D eigenvalue weighted by Gasteiger charge is -1.95. The van der Waals surface area contributed by atoms with Gasteiger partial charge in [0.2, 0.25) is 0 Å². The van der Waals surface area contributed by atoms with E-state index in [1.165, 1.54) is 22.4 Å². The minimum atomic E-state index is -0.0425. The summed E-state index contributed by atoms with van der Waals surface area (Å²) in [6.45, 7) is 6.35. The van der Waals surface area contributed by atoms with Gasteiger partial charge in [-0.05, 0) is 55.9 Å². The van der Waals surface area contributed by atoms with Crippen molar-refractivity contribution in [1.82, 2.24) is 15.2 Å². The van der Waals surface area contributed by atoms with Crippen LogP contribution < -0.4 is 16.1 Å². The number of aryl methyl sites for hydroxylation is 1. The van der Waals surface area contributed by atoms with Gasteiger partial charge in [-0.15, -0.1) is 0 Å². The summed E-state index contributed by atoms with van der Waals surface area (Å²) < 4.78 is 0. The summed E-state index contributed by atoms with van der Waals surface area (Å²) in [5.41, 5.74) is 6.12. The smallest absolute Gasteiger partial charge is 0.271 e. The molecule has 1 saturated carbocycles. The highest BCUT2D eigenvalue weighted by Gasteiger charge is 2.15. The van der Waals surface area contributed by atoms with E-state index in [2.05, 4.69) is 36.0 Å². The van der Waals surface area contributed by atoms with Crippen molar-refractivity contribution >= 4 is 11.6 Å². The van der Waals surface area contributed by atoms with E-state index in [4.69, 9.17) is 0 Å². The Morgan fingerprint density at radius 2 is 1.95 bits per heavy atom. The molecule has 0 spiro atoms. The van der Waals surface area contributed by atoms with Crippen LogP contribution in [0.3, 0.4) is 0 Å². The predicted octanol–water partition coefficient (Wildman–Crippen LogP) is 0.984. The van der Waals surface area contributed by atoms with Crippen LogP contribution in [0.25, 0.3) is 11.6 Å². The van der Waals surface area contributed by atoms with E-state index in [1.54, 1.807) is 0 Å². The number of aromatic nitrogens is 3. The normalized spacial score (nSPS) is 15.3. The van der Waals surface area contributed by atoms with Gasteiger partial charge in [-0.2, -0.15) is 0 Å².